The molecule has 8 heteroatoms. The van der Waals surface area contributed by atoms with Crippen LogP contribution in [0.25, 0.3) is 0 Å². The SMILES string of the molecule is CCc1nnc(CSc2nnc(CN)n2C(C)C)o1. The minimum atomic E-state index is 0.268. The summed E-state index contributed by atoms with van der Waals surface area (Å²) in [6.45, 7) is 6.52. The first-order chi connectivity index (χ1) is 9.15. The van der Waals surface area contributed by atoms with Gasteiger partial charge in [0, 0.05) is 12.5 Å². The van der Waals surface area contributed by atoms with Gasteiger partial charge in [0.1, 0.15) is 5.82 Å². The summed E-state index contributed by atoms with van der Waals surface area (Å²) in [5, 5.41) is 17.0. The Morgan fingerprint density at radius 3 is 2.53 bits per heavy atom. The fourth-order valence-corrected chi connectivity index (χ4v) is 2.60. The highest BCUT2D eigenvalue weighted by Crippen LogP contribution is 2.24. The number of nitrogens with two attached hydrogens (primary N) is 1. The second-order valence-corrected chi connectivity index (χ2v) is 5.24. The van der Waals surface area contributed by atoms with Crippen LogP contribution in [0, 0.1) is 0 Å². The zero-order chi connectivity index (χ0) is 13.8. The van der Waals surface area contributed by atoms with Crippen molar-refractivity contribution in [3.05, 3.63) is 17.6 Å². The molecule has 0 saturated carbocycles. The van der Waals surface area contributed by atoms with E-state index in [2.05, 4.69) is 34.2 Å². The highest BCUT2D eigenvalue weighted by Gasteiger charge is 2.15. The van der Waals surface area contributed by atoms with Gasteiger partial charge in [-0.05, 0) is 13.8 Å². The second-order valence-electron chi connectivity index (χ2n) is 4.30. The first-order valence-corrected chi connectivity index (χ1v) is 7.22. The number of aryl methyl sites for hydroxylation is 1. The normalized spacial score (nSPS) is 11.4. The van der Waals surface area contributed by atoms with Crippen LogP contribution >= 0.6 is 11.8 Å². The van der Waals surface area contributed by atoms with Gasteiger partial charge in [-0.3, -0.25) is 0 Å². The molecule has 0 aliphatic rings. The maximum absolute atomic E-state index is 5.66. The van der Waals surface area contributed by atoms with Crippen molar-refractivity contribution >= 4 is 11.8 Å². The van der Waals surface area contributed by atoms with Gasteiger partial charge < -0.3 is 14.7 Å². The Hall–Kier alpha value is -1.41. The van der Waals surface area contributed by atoms with Crippen molar-refractivity contribution in [2.24, 2.45) is 5.73 Å². The average Bonchev–Trinajstić information content (AvgIpc) is 3.02. The van der Waals surface area contributed by atoms with Crippen LogP contribution in [0.1, 0.15) is 44.4 Å². The summed E-state index contributed by atoms with van der Waals surface area (Å²) in [4.78, 5) is 0. The highest BCUT2D eigenvalue weighted by atomic mass is 32.2. The summed E-state index contributed by atoms with van der Waals surface area (Å²) in [5.74, 6) is 2.64. The molecule has 0 spiro atoms. The molecule has 0 fully saturated rings. The van der Waals surface area contributed by atoms with Gasteiger partial charge in [0.05, 0.1) is 12.3 Å². The Kier molecular flexibility index (Phi) is 4.54. The van der Waals surface area contributed by atoms with Gasteiger partial charge in [0.25, 0.3) is 0 Å². The standard InChI is InChI=1S/C11H18N6OS/c1-4-9-14-15-10(18-9)6-19-11-16-13-8(5-12)17(11)7(2)3/h7H,4-6,12H2,1-3H3. The Morgan fingerprint density at radius 2 is 1.95 bits per heavy atom. The van der Waals surface area contributed by atoms with Crippen LogP contribution in [-0.2, 0) is 18.7 Å². The maximum Gasteiger partial charge on any atom is 0.226 e. The molecule has 0 aliphatic carbocycles. The number of aromatic nitrogens is 5. The van der Waals surface area contributed by atoms with Gasteiger partial charge in [-0.1, -0.05) is 18.7 Å². The molecular weight excluding hydrogens is 264 g/mol. The van der Waals surface area contributed by atoms with Crippen LogP contribution in [0.5, 0.6) is 0 Å². The zero-order valence-electron chi connectivity index (χ0n) is 11.3. The minimum Gasteiger partial charge on any atom is -0.424 e. The third-order valence-electron chi connectivity index (χ3n) is 2.57. The number of hydrogen-bond donors (Lipinski definition) is 1. The zero-order valence-corrected chi connectivity index (χ0v) is 12.1. The topological polar surface area (TPSA) is 95.6 Å². The van der Waals surface area contributed by atoms with Crippen molar-refractivity contribution in [2.45, 2.75) is 50.7 Å². The van der Waals surface area contributed by atoms with E-state index in [0.29, 0.717) is 24.1 Å². The van der Waals surface area contributed by atoms with Gasteiger partial charge >= 0.3 is 0 Å². The lowest BCUT2D eigenvalue weighted by Crippen LogP contribution is -2.11. The van der Waals surface area contributed by atoms with Gasteiger partial charge in [-0.25, -0.2) is 0 Å². The smallest absolute Gasteiger partial charge is 0.226 e. The Labute approximate surface area is 116 Å². The molecule has 2 aromatic heterocycles. The van der Waals surface area contributed by atoms with Crippen molar-refractivity contribution < 1.29 is 4.42 Å². The van der Waals surface area contributed by atoms with Crippen LogP contribution in [0.4, 0.5) is 0 Å². The molecule has 0 aliphatic heterocycles. The molecule has 104 valence electrons. The van der Waals surface area contributed by atoms with E-state index in [1.165, 1.54) is 11.8 Å². The molecule has 2 N–H and O–H groups in total. The van der Waals surface area contributed by atoms with Crippen LogP contribution in [-0.4, -0.2) is 25.0 Å². The van der Waals surface area contributed by atoms with E-state index in [4.69, 9.17) is 10.2 Å². The number of hydrogen-bond acceptors (Lipinski definition) is 7. The molecule has 0 radical (unpaired) electrons. The van der Waals surface area contributed by atoms with Crippen LogP contribution < -0.4 is 5.73 Å². The Morgan fingerprint density at radius 1 is 1.21 bits per heavy atom. The summed E-state index contributed by atoms with van der Waals surface area (Å²) >= 11 is 1.53. The van der Waals surface area contributed by atoms with E-state index in [1.54, 1.807) is 0 Å². The van der Waals surface area contributed by atoms with Gasteiger partial charge in [-0.2, -0.15) is 0 Å². The number of thioether (sulfide) groups is 1. The maximum atomic E-state index is 5.66. The predicted molar refractivity (Wildman–Crippen MR) is 71.5 cm³/mol. The van der Waals surface area contributed by atoms with Gasteiger partial charge in [0.15, 0.2) is 5.16 Å². The summed E-state index contributed by atoms with van der Waals surface area (Å²) in [6.07, 6.45) is 0.747. The lowest BCUT2D eigenvalue weighted by molar-refractivity contribution is 0.469. The molecule has 0 unspecified atom stereocenters. The van der Waals surface area contributed by atoms with Gasteiger partial charge in [-0.15, -0.1) is 20.4 Å². The molecule has 0 bridgehead atoms. The summed E-state index contributed by atoms with van der Waals surface area (Å²) in [5.41, 5.74) is 5.66. The fraction of sp³-hybridized carbons (Fsp3) is 0.636. The van der Waals surface area contributed by atoms with E-state index in [-0.39, 0.29) is 6.04 Å². The second kappa shape index (κ2) is 6.16. The first kappa shape index (κ1) is 14.0. The summed E-state index contributed by atoms with van der Waals surface area (Å²) in [7, 11) is 0. The lowest BCUT2D eigenvalue weighted by Gasteiger charge is -2.12. The fourth-order valence-electron chi connectivity index (χ4n) is 1.68. The molecule has 2 heterocycles. The Balaban J connectivity index is 2.08. The third kappa shape index (κ3) is 3.13. The summed E-state index contributed by atoms with van der Waals surface area (Å²) in [6, 6.07) is 0.268. The molecule has 0 saturated heterocycles. The first-order valence-electron chi connectivity index (χ1n) is 6.23. The minimum absolute atomic E-state index is 0.268. The third-order valence-corrected chi connectivity index (χ3v) is 3.50. The van der Waals surface area contributed by atoms with Crippen molar-refractivity contribution in [3.63, 3.8) is 0 Å². The van der Waals surface area contributed by atoms with E-state index < -0.39 is 0 Å². The predicted octanol–water partition coefficient (Wildman–Crippen LogP) is 1.56. The molecule has 7 nitrogen and oxygen atoms in total. The van der Waals surface area contributed by atoms with Crippen molar-refractivity contribution in [1.29, 1.82) is 0 Å². The molecule has 0 amide bonds. The molecule has 2 rings (SSSR count). The van der Waals surface area contributed by atoms with Gasteiger partial charge in [0.2, 0.25) is 11.8 Å². The number of rotatable bonds is 6. The monoisotopic (exact) mass is 282 g/mol. The number of nitrogens with zero attached hydrogens (tertiary/aromatic N) is 5. The van der Waals surface area contributed by atoms with E-state index in [1.807, 2.05) is 11.5 Å². The highest BCUT2D eigenvalue weighted by molar-refractivity contribution is 7.98. The largest absolute Gasteiger partial charge is 0.424 e. The molecular formula is C11H18N6OS. The van der Waals surface area contributed by atoms with Crippen molar-refractivity contribution in [3.8, 4) is 0 Å². The van der Waals surface area contributed by atoms with E-state index in [9.17, 15) is 0 Å². The van der Waals surface area contributed by atoms with Crippen molar-refractivity contribution in [2.75, 3.05) is 0 Å². The quantitative estimate of drug-likeness (QED) is 0.803. The van der Waals surface area contributed by atoms with Crippen LogP contribution in [0.15, 0.2) is 9.57 Å². The molecule has 19 heavy (non-hydrogen) atoms. The lowest BCUT2D eigenvalue weighted by atomic mass is 10.4. The molecule has 2 aromatic rings. The van der Waals surface area contributed by atoms with Crippen LogP contribution in [0.3, 0.4) is 0 Å². The van der Waals surface area contributed by atoms with Crippen molar-refractivity contribution in [1.82, 2.24) is 25.0 Å². The Bertz CT molecular complexity index is 535. The molecule has 0 aromatic carbocycles. The van der Waals surface area contributed by atoms with E-state index in [0.717, 1.165) is 17.4 Å². The molecule has 0 atom stereocenters. The van der Waals surface area contributed by atoms with E-state index >= 15 is 0 Å². The van der Waals surface area contributed by atoms with Crippen LogP contribution in [0.2, 0.25) is 0 Å². The average molecular weight is 282 g/mol. The summed E-state index contributed by atoms with van der Waals surface area (Å²) < 4.78 is 7.49.